The van der Waals surface area contributed by atoms with Crippen molar-refractivity contribution in [2.75, 3.05) is 19.6 Å². The first-order valence-electron chi connectivity index (χ1n) is 5.74. The summed E-state index contributed by atoms with van der Waals surface area (Å²) in [5.74, 6) is 1.22. The molecule has 1 aromatic heterocycles. The minimum atomic E-state index is 0. The molecule has 1 atom stereocenters. The van der Waals surface area contributed by atoms with Crippen molar-refractivity contribution in [2.45, 2.75) is 19.3 Å². The van der Waals surface area contributed by atoms with Crippen molar-refractivity contribution in [3.8, 4) is 0 Å². The van der Waals surface area contributed by atoms with Gasteiger partial charge in [-0.1, -0.05) is 0 Å². The zero-order chi connectivity index (χ0) is 11.5. The molecule has 0 aromatic carbocycles. The Morgan fingerprint density at radius 2 is 2.41 bits per heavy atom. The average Bonchev–Trinajstić information content (AvgIpc) is 2.85. The Bertz CT molecular complexity index is 387. The fourth-order valence-electron chi connectivity index (χ4n) is 2.15. The largest absolute Gasteiger partial charge is 0.370 e. The predicted octanol–water partition coefficient (Wildman–Crippen LogP) is 1.16. The minimum absolute atomic E-state index is 0. The third-order valence-corrected chi connectivity index (χ3v) is 3.03. The summed E-state index contributed by atoms with van der Waals surface area (Å²) in [7, 11) is 1.95. The number of aryl methyl sites for hydroxylation is 1. The van der Waals surface area contributed by atoms with Crippen LogP contribution in [-0.2, 0) is 7.05 Å². The van der Waals surface area contributed by atoms with E-state index in [1.54, 1.807) is 0 Å². The van der Waals surface area contributed by atoms with E-state index >= 15 is 0 Å². The lowest BCUT2D eigenvalue weighted by molar-refractivity contribution is 0.502. The van der Waals surface area contributed by atoms with Crippen molar-refractivity contribution in [3.63, 3.8) is 0 Å². The standard InChI is InChI=1S/C11H19N5.HI/c1-3-13-11(12)16-5-4-9(8-16)10-6-14-15(2)7-10;/h6-7,9H,3-5,8H2,1-2H3,(H2,12,13);1H. The Labute approximate surface area is 119 Å². The van der Waals surface area contributed by atoms with Crippen LogP contribution in [0.15, 0.2) is 17.4 Å². The summed E-state index contributed by atoms with van der Waals surface area (Å²) in [5, 5.41) is 4.20. The third-order valence-electron chi connectivity index (χ3n) is 3.03. The molecule has 1 fully saturated rings. The second-order valence-corrected chi connectivity index (χ2v) is 4.21. The molecule has 6 heteroatoms. The number of rotatable bonds is 2. The molecule has 0 spiro atoms. The maximum absolute atomic E-state index is 5.89. The third kappa shape index (κ3) is 3.34. The molecule has 1 aliphatic heterocycles. The van der Waals surface area contributed by atoms with Crippen LogP contribution in [0, 0.1) is 0 Å². The fourth-order valence-corrected chi connectivity index (χ4v) is 2.15. The van der Waals surface area contributed by atoms with Crippen LogP contribution in [0.5, 0.6) is 0 Å². The van der Waals surface area contributed by atoms with Gasteiger partial charge in [-0.15, -0.1) is 24.0 Å². The molecule has 1 aromatic rings. The van der Waals surface area contributed by atoms with Gasteiger partial charge in [0.25, 0.3) is 0 Å². The van der Waals surface area contributed by atoms with Crippen molar-refractivity contribution in [3.05, 3.63) is 18.0 Å². The van der Waals surface area contributed by atoms with E-state index < -0.39 is 0 Å². The molecule has 1 unspecified atom stereocenters. The van der Waals surface area contributed by atoms with Gasteiger partial charge < -0.3 is 10.6 Å². The molecule has 0 radical (unpaired) electrons. The minimum Gasteiger partial charge on any atom is -0.370 e. The highest BCUT2D eigenvalue weighted by atomic mass is 127. The zero-order valence-electron chi connectivity index (χ0n) is 10.3. The van der Waals surface area contributed by atoms with E-state index in [2.05, 4.69) is 21.2 Å². The van der Waals surface area contributed by atoms with Crippen molar-refractivity contribution >= 4 is 29.9 Å². The molecule has 1 saturated heterocycles. The van der Waals surface area contributed by atoms with Gasteiger partial charge in [0.2, 0.25) is 0 Å². The monoisotopic (exact) mass is 349 g/mol. The number of likely N-dealkylation sites (tertiary alicyclic amines) is 1. The number of aliphatic imine (C=N–C) groups is 1. The zero-order valence-corrected chi connectivity index (χ0v) is 12.7. The number of hydrogen-bond donors (Lipinski definition) is 1. The molecule has 0 amide bonds. The first kappa shape index (κ1) is 14.3. The summed E-state index contributed by atoms with van der Waals surface area (Å²) in [6, 6.07) is 0. The number of aromatic nitrogens is 2. The van der Waals surface area contributed by atoms with Gasteiger partial charge in [0.15, 0.2) is 5.96 Å². The summed E-state index contributed by atoms with van der Waals surface area (Å²) < 4.78 is 1.85. The van der Waals surface area contributed by atoms with Crippen LogP contribution < -0.4 is 5.73 Å². The molecule has 2 rings (SSSR count). The summed E-state index contributed by atoms with van der Waals surface area (Å²) in [4.78, 5) is 6.39. The molecule has 2 heterocycles. The van der Waals surface area contributed by atoms with E-state index in [4.69, 9.17) is 5.73 Å². The number of guanidine groups is 1. The normalized spacial score (nSPS) is 20.5. The highest BCUT2D eigenvalue weighted by molar-refractivity contribution is 14.0. The Kier molecular flexibility index (Phi) is 5.23. The Balaban J connectivity index is 0.00000144. The maximum atomic E-state index is 5.89. The molecule has 1 aliphatic rings. The molecule has 17 heavy (non-hydrogen) atoms. The van der Waals surface area contributed by atoms with Crippen LogP contribution in [0.25, 0.3) is 0 Å². The Hall–Kier alpha value is -0.790. The molecule has 5 nitrogen and oxygen atoms in total. The first-order valence-corrected chi connectivity index (χ1v) is 5.74. The van der Waals surface area contributed by atoms with Crippen molar-refractivity contribution in [2.24, 2.45) is 17.8 Å². The van der Waals surface area contributed by atoms with Crippen molar-refractivity contribution in [1.29, 1.82) is 0 Å². The van der Waals surface area contributed by atoms with Gasteiger partial charge in [-0.3, -0.25) is 9.67 Å². The van der Waals surface area contributed by atoms with Crippen molar-refractivity contribution in [1.82, 2.24) is 14.7 Å². The second-order valence-electron chi connectivity index (χ2n) is 4.21. The smallest absolute Gasteiger partial charge is 0.191 e. The average molecular weight is 349 g/mol. The van der Waals surface area contributed by atoms with Crippen LogP contribution >= 0.6 is 24.0 Å². The van der Waals surface area contributed by atoms with Gasteiger partial charge in [-0.2, -0.15) is 5.10 Å². The number of nitrogens with two attached hydrogens (primary N) is 1. The predicted molar refractivity (Wildman–Crippen MR) is 79.7 cm³/mol. The van der Waals surface area contributed by atoms with Crippen LogP contribution in [-0.4, -0.2) is 40.3 Å². The molecule has 96 valence electrons. The van der Waals surface area contributed by atoms with Gasteiger partial charge in [-0.25, -0.2) is 0 Å². The second kappa shape index (κ2) is 6.23. The van der Waals surface area contributed by atoms with Gasteiger partial charge in [0, 0.05) is 38.8 Å². The molecule has 2 N–H and O–H groups in total. The van der Waals surface area contributed by atoms with Gasteiger partial charge in [0.05, 0.1) is 6.20 Å². The summed E-state index contributed by atoms with van der Waals surface area (Å²) in [6.45, 7) is 4.71. The van der Waals surface area contributed by atoms with E-state index in [1.165, 1.54) is 5.56 Å². The lowest BCUT2D eigenvalue weighted by Gasteiger charge is -2.16. The molecule has 0 saturated carbocycles. The molecular weight excluding hydrogens is 329 g/mol. The Morgan fingerprint density at radius 1 is 1.65 bits per heavy atom. The highest BCUT2D eigenvalue weighted by Crippen LogP contribution is 2.26. The van der Waals surface area contributed by atoms with E-state index in [0.29, 0.717) is 11.9 Å². The van der Waals surface area contributed by atoms with Crippen LogP contribution in [0.3, 0.4) is 0 Å². The van der Waals surface area contributed by atoms with Gasteiger partial charge >= 0.3 is 0 Å². The summed E-state index contributed by atoms with van der Waals surface area (Å²) >= 11 is 0. The number of halogens is 1. The summed E-state index contributed by atoms with van der Waals surface area (Å²) in [6.07, 6.45) is 5.16. The lowest BCUT2D eigenvalue weighted by atomic mass is 10.0. The van der Waals surface area contributed by atoms with E-state index in [0.717, 1.165) is 26.1 Å². The fraction of sp³-hybridized carbons (Fsp3) is 0.636. The quantitative estimate of drug-likeness (QED) is 0.495. The topological polar surface area (TPSA) is 59.4 Å². The van der Waals surface area contributed by atoms with E-state index in [9.17, 15) is 0 Å². The molecule has 0 bridgehead atoms. The van der Waals surface area contributed by atoms with E-state index in [1.807, 2.05) is 24.9 Å². The van der Waals surface area contributed by atoms with Crippen molar-refractivity contribution < 1.29 is 0 Å². The van der Waals surface area contributed by atoms with E-state index in [-0.39, 0.29) is 24.0 Å². The highest BCUT2D eigenvalue weighted by Gasteiger charge is 2.25. The Morgan fingerprint density at radius 3 is 3.00 bits per heavy atom. The van der Waals surface area contributed by atoms with Crippen LogP contribution in [0.2, 0.25) is 0 Å². The number of hydrogen-bond acceptors (Lipinski definition) is 2. The van der Waals surface area contributed by atoms with Crippen LogP contribution in [0.1, 0.15) is 24.8 Å². The summed E-state index contributed by atoms with van der Waals surface area (Å²) in [5.41, 5.74) is 7.19. The lowest BCUT2D eigenvalue weighted by Crippen LogP contribution is -2.35. The molecular formula is C11H20IN5. The van der Waals surface area contributed by atoms with Gasteiger partial charge in [0.1, 0.15) is 0 Å². The first-order chi connectivity index (χ1) is 7.70. The van der Waals surface area contributed by atoms with Crippen LogP contribution in [0.4, 0.5) is 0 Å². The maximum Gasteiger partial charge on any atom is 0.191 e. The van der Waals surface area contributed by atoms with Gasteiger partial charge in [-0.05, 0) is 18.9 Å². The SMILES string of the molecule is CCN=C(N)N1CCC(c2cnn(C)c2)C1.I. The molecule has 0 aliphatic carbocycles. The number of nitrogens with zero attached hydrogens (tertiary/aromatic N) is 4.